The summed E-state index contributed by atoms with van der Waals surface area (Å²) in [7, 11) is 1.64. The number of benzene rings is 1. The number of hydrogen-bond acceptors (Lipinski definition) is 4. The van der Waals surface area contributed by atoms with E-state index in [1.54, 1.807) is 19.5 Å². The first-order valence-electron chi connectivity index (χ1n) is 7.44. The number of rotatable bonds is 8. The molecule has 4 heteroatoms. The molecule has 0 bridgehead atoms. The van der Waals surface area contributed by atoms with E-state index in [0.717, 1.165) is 31.6 Å². The van der Waals surface area contributed by atoms with Gasteiger partial charge in [0.2, 0.25) is 5.88 Å². The van der Waals surface area contributed by atoms with Crippen LogP contribution < -0.4 is 10.1 Å². The molecule has 4 nitrogen and oxygen atoms in total. The number of ether oxygens (including phenoxy) is 1. The molecular formula is C17H23N3O. The lowest BCUT2D eigenvalue weighted by atomic mass is 9.94. The van der Waals surface area contributed by atoms with E-state index < -0.39 is 0 Å². The van der Waals surface area contributed by atoms with Crippen LogP contribution in [0, 0.1) is 0 Å². The Morgan fingerprint density at radius 2 is 1.90 bits per heavy atom. The third-order valence-electron chi connectivity index (χ3n) is 3.46. The van der Waals surface area contributed by atoms with Crippen molar-refractivity contribution in [3.63, 3.8) is 0 Å². The van der Waals surface area contributed by atoms with Gasteiger partial charge in [-0.05, 0) is 18.5 Å². The van der Waals surface area contributed by atoms with E-state index in [2.05, 4.69) is 46.5 Å². The fourth-order valence-corrected chi connectivity index (χ4v) is 2.38. The molecule has 1 heterocycles. The Morgan fingerprint density at radius 1 is 1.14 bits per heavy atom. The summed E-state index contributed by atoms with van der Waals surface area (Å²) in [6, 6.07) is 10.5. The normalized spacial score (nSPS) is 12.1. The van der Waals surface area contributed by atoms with E-state index in [0.29, 0.717) is 11.8 Å². The fraction of sp³-hybridized carbons (Fsp3) is 0.412. The van der Waals surface area contributed by atoms with Gasteiger partial charge in [-0.25, -0.2) is 4.98 Å². The van der Waals surface area contributed by atoms with Crippen LogP contribution in [0.5, 0.6) is 5.88 Å². The average molecular weight is 285 g/mol. The molecule has 0 aliphatic carbocycles. The Hall–Kier alpha value is -1.94. The van der Waals surface area contributed by atoms with Crippen LogP contribution in [-0.4, -0.2) is 30.2 Å². The number of methoxy groups -OCH3 is 1. The van der Waals surface area contributed by atoms with E-state index in [-0.39, 0.29) is 0 Å². The SMILES string of the molecule is CCCNCC(Cc1nccnc1OC)c1ccccc1. The maximum atomic E-state index is 5.31. The van der Waals surface area contributed by atoms with Gasteiger partial charge >= 0.3 is 0 Å². The van der Waals surface area contributed by atoms with Crippen LogP contribution in [0.3, 0.4) is 0 Å². The highest BCUT2D eigenvalue weighted by atomic mass is 16.5. The Labute approximate surface area is 126 Å². The first kappa shape index (κ1) is 15.4. The molecule has 0 radical (unpaired) electrons. The lowest BCUT2D eigenvalue weighted by Gasteiger charge is -2.18. The van der Waals surface area contributed by atoms with E-state index in [9.17, 15) is 0 Å². The van der Waals surface area contributed by atoms with Gasteiger partial charge in [0.25, 0.3) is 0 Å². The van der Waals surface area contributed by atoms with Crippen LogP contribution >= 0.6 is 0 Å². The topological polar surface area (TPSA) is 47.0 Å². The van der Waals surface area contributed by atoms with E-state index >= 15 is 0 Å². The first-order valence-corrected chi connectivity index (χ1v) is 7.44. The number of aromatic nitrogens is 2. The molecular weight excluding hydrogens is 262 g/mol. The molecule has 112 valence electrons. The predicted octanol–water partition coefficient (Wildman–Crippen LogP) is 2.81. The summed E-state index contributed by atoms with van der Waals surface area (Å²) in [6.07, 6.45) is 5.34. The Balaban J connectivity index is 2.15. The van der Waals surface area contributed by atoms with Crippen molar-refractivity contribution in [3.8, 4) is 5.88 Å². The van der Waals surface area contributed by atoms with E-state index in [1.165, 1.54) is 5.56 Å². The zero-order valence-electron chi connectivity index (χ0n) is 12.7. The molecule has 0 saturated heterocycles. The number of hydrogen-bond donors (Lipinski definition) is 1. The number of nitrogens with one attached hydrogen (secondary N) is 1. The van der Waals surface area contributed by atoms with Crippen molar-refractivity contribution < 1.29 is 4.74 Å². The molecule has 0 spiro atoms. The molecule has 0 fully saturated rings. The highest BCUT2D eigenvalue weighted by Crippen LogP contribution is 2.23. The van der Waals surface area contributed by atoms with Crippen molar-refractivity contribution in [3.05, 3.63) is 54.0 Å². The molecule has 1 aromatic carbocycles. The van der Waals surface area contributed by atoms with Gasteiger partial charge in [0, 0.05) is 31.3 Å². The highest BCUT2D eigenvalue weighted by Gasteiger charge is 2.16. The predicted molar refractivity (Wildman–Crippen MR) is 84.6 cm³/mol. The molecule has 0 saturated carbocycles. The summed E-state index contributed by atoms with van der Waals surface area (Å²) in [5.41, 5.74) is 2.22. The quantitative estimate of drug-likeness (QED) is 0.758. The molecule has 1 unspecified atom stereocenters. The van der Waals surface area contributed by atoms with Crippen molar-refractivity contribution in [1.82, 2.24) is 15.3 Å². The number of nitrogens with zero attached hydrogens (tertiary/aromatic N) is 2. The second kappa shape index (κ2) is 8.37. The summed E-state index contributed by atoms with van der Waals surface area (Å²) >= 11 is 0. The van der Waals surface area contributed by atoms with Gasteiger partial charge in [0.05, 0.1) is 7.11 Å². The molecule has 1 aromatic heterocycles. The molecule has 0 aliphatic heterocycles. The Morgan fingerprint density at radius 3 is 2.62 bits per heavy atom. The van der Waals surface area contributed by atoms with Gasteiger partial charge in [-0.15, -0.1) is 0 Å². The van der Waals surface area contributed by atoms with Crippen molar-refractivity contribution in [2.75, 3.05) is 20.2 Å². The molecule has 0 aliphatic rings. The van der Waals surface area contributed by atoms with E-state index in [1.807, 2.05) is 6.07 Å². The van der Waals surface area contributed by atoms with Gasteiger partial charge in [-0.3, -0.25) is 4.98 Å². The third kappa shape index (κ3) is 4.53. The van der Waals surface area contributed by atoms with Crippen molar-refractivity contribution in [2.45, 2.75) is 25.7 Å². The summed E-state index contributed by atoms with van der Waals surface area (Å²) in [5.74, 6) is 0.984. The largest absolute Gasteiger partial charge is 0.480 e. The van der Waals surface area contributed by atoms with Crippen molar-refractivity contribution >= 4 is 0 Å². The lowest BCUT2D eigenvalue weighted by molar-refractivity contribution is 0.386. The standard InChI is InChI=1S/C17H23N3O/c1-3-9-18-13-15(14-7-5-4-6-8-14)12-16-17(21-2)20-11-10-19-16/h4-8,10-11,15,18H,3,9,12-13H2,1-2H3. The molecule has 0 amide bonds. The third-order valence-corrected chi connectivity index (χ3v) is 3.46. The molecule has 2 aromatic rings. The van der Waals surface area contributed by atoms with Gasteiger partial charge < -0.3 is 10.1 Å². The van der Waals surface area contributed by atoms with Crippen LogP contribution in [0.15, 0.2) is 42.7 Å². The summed E-state index contributed by atoms with van der Waals surface area (Å²) < 4.78 is 5.31. The van der Waals surface area contributed by atoms with Gasteiger partial charge in [0.15, 0.2) is 0 Å². The monoisotopic (exact) mass is 285 g/mol. The molecule has 21 heavy (non-hydrogen) atoms. The van der Waals surface area contributed by atoms with Crippen LogP contribution in [0.1, 0.15) is 30.5 Å². The van der Waals surface area contributed by atoms with Crippen LogP contribution in [0.25, 0.3) is 0 Å². The van der Waals surface area contributed by atoms with Crippen LogP contribution in [-0.2, 0) is 6.42 Å². The molecule has 1 N–H and O–H groups in total. The Bertz CT molecular complexity index is 531. The second-order valence-corrected chi connectivity index (χ2v) is 5.03. The summed E-state index contributed by atoms with van der Waals surface area (Å²) in [5, 5.41) is 3.50. The van der Waals surface area contributed by atoms with E-state index in [4.69, 9.17) is 4.74 Å². The molecule has 2 rings (SSSR count). The maximum absolute atomic E-state index is 5.31. The second-order valence-electron chi connectivity index (χ2n) is 5.03. The van der Waals surface area contributed by atoms with Crippen molar-refractivity contribution in [1.29, 1.82) is 0 Å². The highest BCUT2D eigenvalue weighted by molar-refractivity contribution is 5.25. The summed E-state index contributed by atoms with van der Waals surface area (Å²) in [6.45, 7) is 4.13. The van der Waals surface area contributed by atoms with Crippen LogP contribution in [0.2, 0.25) is 0 Å². The Kier molecular flexibility index (Phi) is 6.16. The lowest BCUT2D eigenvalue weighted by Crippen LogP contribution is -2.24. The minimum Gasteiger partial charge on any atom is -0.480 e. The van der Waals surface area contributed by atoms with Crippen molar-refractivity contribution in [2.24, 2.45) is 0 Å². The minimum absolute atomic E-state index is 0.364. The average Bonchev–Trinajstić information content (AvgIpc) is 2.55. The molecule has 1 atom stereocenters. The smallest absolute Gasteiger partial charge is 0.235 e. The van der Waals surface area contributed by atoms with Gasteiger partial charge in [0.1, 0.15) is 5.69 Å². The maximum Gasteiger partial charge on any atom is 0.235 e. The summed E-state index contributed by atoms with van der Waals surface area (Å²) in [4.78, 5) is 8.66. The first-order chi connectivity index (χ1) is 10.3. The minimum atomic E-state index is 0.364. The fourth-order valence-electron chi connectivity index (χ4n) is 2.38. The van der Waals surface area contributed by atoms with Crippen LogP contribution in [0.4, 0.5) is 0 Å². The zero-order valence-corrected chi connectivity index (χ0v) is 12.7. The zero-order chi connectivity index (χ0) is 14.9. The van der Waals surface area contributed by atoms with Gasteiger partial charge in [-0.1, -0.05) is 37.3 Å². The van der Waals surface area contributed by atoms with Gasteiger partial charge in [-0.2, -0.15) is 0 Å².